The van der Waals surface area contributed by atoms with Crippen LogP contribution in [0.2, 0.25) is 5.02 Å². The van der Waals surface area contributed by atoms with Gasteiger partial charge in [-0.1, -0.05) is 36.7 Å². The Kier molecular flexibility index (Phi) is 10.5. The summed E-state index contributed by atoms with van der Waals surface area (Å²) in [5.74, 6) is -7.74. The molecule has 55 heavy (non-hydrogen) atoms. The van der Waals surface area contributed by atoms with E-state index in [9.17, 15) is 43.3 Å². The quantitative estimate of drug-likeness (QED) is 0.190. The van der Waals surface area contributed by atoms with Crippen LogP contribution >= 0.6 is 11.6 Å². The number of hydrogen-bond donors (Lipinski definition) is 2. The standard InChI is InChI=1S/C39H51ClF2N2O11/c1-19-17-25-23(21(3)30(41)42)16-15-20(2)39(25,51)29(28(19)52-22(4)45)37(32(46)47)18-38(54-34(50)53-36(8,9)10)24-13-12-14-26(40)27(24)43(11)55-31(38)44(37,33(48)49)35(5,6)7/h12-14,17,20,23,25,28-29,31,51H,15-16,18H2,1-11H3,(H-,46,47,48,49)/t20-,23-,25-,28-,29-,31+,37-,38+,39-,44?/m0/s1. The lowest BCUT2D eigenvalue weighted by Crippen LogP contribution is -2.86. The minimum absolute atomic E-state index is 0.0595. The third kappa shape index (κ3) is 6.02. The van der Waals surface area contributed by atoms with E-state index in [0.29, 0.717) is 0 Å². The van der Waals surface area contributed by atoms with Crippen molar-refractivity contribution >= 4 is 41.5 Å². The van der Waals surface area contributed by atoms with E-state index in [1.807, 2.05) is 0 Å². The lowest BCUT2D eigenvalue weighted by atomic mass is 9.49. The number of hydrogen-bond acceptors (Lipinski definition) is 11. The fraction of sp³-hybridized carbons (Fsp3) is 0.641. The summed E-state index contributed by atoms with van der Waals surface area (Å²) in [6.45, 7) is 14.5. The zero-order valence-electron chi connectivity index (χ0n) is 33.0. The number of carboxylic acid groups (broad SMARTS) is 2. The Hall–Kier alpha value is -3.79. The average Bonchev–Trinajstić information content (AvgIpc) is 3.30. The van der Waals surface area contributed by atoms with Gasteiger partial charge >= 0.3 is 18.1 Å². The van der Waals surface area contributed by atoms with Crippen LogP contribution in [0.15, 0.2) is 41.5 Å². The Morgan fingerprint density at radius 1 is 1.09 bits per heavy atom. The first-order chi connectivity index (χ1) is 25.2. The number of aliphatic hydroxyl groups is 1. The lowest BCUT2D eigenvalue weighted by molar-refractivity contribution is -0.991. The number of carbonyl (C=O) groups is 4. The maximum atomic E-state index is 14.9. The smallest absolute Gasteiger partial charge is 0.498 e. The van der Waals surface area contributed by atoms with Crippen molar-refractivity contribution < 1.29 is 66.8 Å². The molecule has 2 aliphatic heterocycles. The minimum Gasteiger partial charge on any atom is -0.498 e. The molecule has 10 atom stereocenters. The van der Waals surface area contributed by atoms with Gasteiger partial charge in [-0.15, -0.1) is 0 Å². The molecule has 13 nitrogen and oxygen atoms in total. The number of allylic oxidation sites excluding steroid dienone is 1. The lowest BCUT2D eigenvalue weighted by Gasteiger charge is -2.64. The molecule has 16 heteroatoms. The molecule has 1 saturated carbocycles. The van der Waals surface area contributed by atoms with Gasteiger partial charge in [0.15, 0.2) is 0 Å². The van der Waals surface area contributed by atoms with E-state index in [1.165, 1.54) is 65.9 Å². The summed E-state index contributed by atoms with van der Waals surface area (Å²) in [7, 11) is 1.42. The number of amides is 1. The van der Waals surface area contributed by atoms with E-state index >= 15 is 0 Å². The molecule has 0 bridgehead atoms. The number of esters is 1. The van der Waals surface area contributed by atoms with Crippen molar-refractivity contribution in [3.05, 3.63) is 52.1 Å². The zero-order chi connectivity index (χ0) is 41.6. The molecule has 2 heterocycles. The van der Waals surface area contributed by atoms with Gasteiger partial charge in [0.05, 0.1) is 34.2 Å². The van der Waals surface area contributed by atoms with E-state index in [0.717, 1.165) is 12.0 Å². The molecular formula is C39H51ClF2N2O11. The Bertz CT molecular complexity index is 1850. The monoisotopic (exact) mass is 796 g/mol. The topological polar surface area (TPSA) is 172 Å². The fourth-order valence-electron chi connectivity index (χ4n) is 10.4. The highest BCUT2D eigenvalue weighted by molar-refractivity contribution is 6.33. The molecule has 304 valence electrons. The van der Waals surface area contributed by atoms with Crippen molar-refractivity contribution in [2.75, 3.05) is 12.1 Å². The highest BCUT2D eigenvalue weighted by Crippen LogP contribution is 2.69. The zero-order valence-corrected chi connectivity index (χ0v) is 33.7. The van der Waals surface area contributed by atoms with Crippen LogP contribution in [0.5, 0.6) is 0 Å². The van der Waals surface area contributed by atoms with Crippen LogP contribution in [0.25, 0.3) is 0 Å². The van der Waals surface area contributed by atoms with Crippen LogP contribution in [0.1, 0.15) is 94.1 Å². The van der Waals surface area contributed by atoms with Crippen molar-refractivity contribution in [1.82, 2.24) is 0 Å². The minimum atomic E-state index is -2.90. The van der Waals surface area contributed by atoms with Crippen LogP contribution in [0, 0.1) is 23.7 Å². The number of carboxylic acids is 1. The van der Waals surface area contributed by atoms with Gasteiger partial charge in [0, 0.05) is 25.5 Å². The number of ether oxygens (including phenoxy) is 3. The van der Waals surface area contributed by atoms with Crippen molar-refractivity contribution in [2.45, 2.75) is 129 Å². The molecule has 1 aromatic rings. The molecule has 1 aromatic carbocycles. The molecule has 1 amide bonds. The Morgan fingerprint density at radius 3 is 2.22 bits per heavy atom. The third-order valence-electron chi connectivity index (χ3n) is 12.3. The van der Waals surface area contributed by atoms with E-state index in [-0.39, 0.29) is 40.3 Å². The molecule has 0 aromatic heterocycles. The SMILES string of the molecule is CC(=O)O[C@H]1C(C)=C[C@H]2[C@H](C(C)=C(F)F)CC[C@H](C)[C@@]2(O)[C@@H]1[C@]1(C(=O)O)C[C@@]2(OC(=O)OC(C)(C)C)c3cccc(Cl)c3N(C)O[C@H]2[N+]1(C(=O)[O-])C(C)(C)C. The first-order valence-corrected chi connectivity index (χ1v) is 18.6. The third-order valence-corrected chi connectivity index (χ3v) is 12.6. The number of para-hydroxylation sites is 1. The summed E-state index contributed by atoms with van der Waals surface area (Å²) in [6, 6.07) is 4.51. The Balaban J connectivity index is 2.02. The van der Waals surface area contributed by atoms with E-state index in [2.05, 4.69) is 0 Å². The van der Waals surface area contributed by atoms with Crippen molar-refractivity contribution in [3.63, 3.8) is 0 Å². The van der Waals surface area contributed by atoms with Crippen LogP contribution in [0.4, 0.5) is 24.1 Å². The number of nitrogens with zero attached hydrogens (tertiary/aromatic N) is 2. The van der Waals surface area contributed by atoms with Crippen molar-refractivity contribution in [1.29, 1.82) is 0 Å². The molecule has 2 N–H and O–H groups in total. The molecule has 4 aliphatic rings. The number of benzene rings is 1. The van der Waals surface area contributed by atoms with Crippen molar-refractivity contribution in [3.8, 4) is 0 Å². The van der Waals surface area contributed by atoms with Crippen LogP contribution in [0.3, 0.4) is 0 Å². The predicted octanol–water partition coefficient (Wildman–Crippen LogP) is 6.45. The summed E-state index contributed by atoms with van der Waals surface area (Å²) in [6.07, 6.45) is -8.03. The number of anilines is 1. The van der Waals surface area contributed by atoms with Gasteiger partial charge < -0.3 is 34.3 Å². The van der Waals surface area contributed by atoms with E-state index in [1.54, 1.807) is 27.7 Å². The fourth-order valence-corrected chi connectivity index (χ4v) is 10.7. The summed E-state index contributed by atoms with van der Waals surface area (Å²) in [5.41, 5.74) is -10.5. The second kappa shape index (κ2) is 13.7. The maximum Gasteiger partial charge on any atom is 0.510 e. The summed E-state index contributed by atoms with van der Waals surface area (Å²) in [5, 5.41) is 41.3. The number of halogens is 3. The maximum absolute atomic E-state index is 14.9. The van der Waals surface area contributed by atoms with Crippen LogP contribution in [-0.4, -0.2) is 80.5 Å². The molecule has 1 unspecified atom stereocenters. The first kappa shape index (κ1) is 42.4. The number of fused-ring (bicyclic) bond motifs is 4. The summed E-state index contributed by atoms with van der Waals surface area (Å²) < 4.78 is 45.0. The number of hydroxylamine groups is 1. The number of quaternary nitrogens is 1. The molecule has 2 fully saturated rings. The number of likely N-dealkylation sites (tertiary alicyclic amines) is 1. The number of carbonyl (C=O) groups excluding carboxylic acids is 3. The number of aliphatic carboxylic acids is 1. The molecule has 0 spiro atoms. The van der Waals surface area contributed by atoms with Crippen LogP contribution in [-0.2, 0) is 34.2 Å². The van der Waals surface area contributed by atoms with Crippen molar-refractivity contribution in [2.24, 2.45) is 23.7 Å². The van der Waals surface area contributed by atoms with Gasteiger partial charge in [-0.2, -0.15) is 8.78 Å². The second-order valence-electron chi connectivity index (χ2n) is 17.5. The summed E-state index contributed by atoms with van der Waals surface area (Å²) in [4.78, 5) is 62.8. The van der Waals surface area contributed by atoms with Gasteiger partial charge in [0.2, 0.25) is 11.1 Å². The summed E-state index contributed by atoms with van der Waals surface area (Å²) >= 11 is 6.73. The average molecular weight is 797 g/mol. The Morgan fingerprint density at radius 2 is 1.71 bits per heavy atom. The van der Waals surface area contributed by atoms with Crippen LogP contribution < -0.4 is 10.2 Å². The molecule has 1 saturated heterocycles. The second-order valence-corrected chi connectivity index (χ2v) is 17.9. The van der Waals surface area contributed by atoms with Gasteiger partial charge in [-0.05, 0) is 97.3 Å². The van der Waals surface area contributed by atoms with E-state index < -0.39 is 105 Å². The van der Waals surface area contributed by atoms with Gasteiger partial charge in [0.1, 0.15) is 11.7 Å². The molecule has 5 rings (SSSR count). The molecule has 2 aliphatic carbocycles. The predicted molar refractivity (Wildman–Crippen MR) is 192 cm³/mol. The molecule has 0 radical (unpaired) electrons. The van der Waals surface area contributed by atoms with E-state index in [4.69, 9.17) is 30.6 Å². The normalized spacial score (nSPS) is 35.7. The number of rotatable bonds is 5. The first-order valence-electron chi connectivity index (χ1n) is 18.2. The largest absolute Gasteiger partial charge is 0.510 e. The molecular weight excluding hydrogens is 746 g/mol. The Labute approximate surface area is 324 Å². The highest BCUT2D eigenvalue weighted by atomic mass is 35.5. The van der Waals surface area contributed by atoms with Gasteiger partial charge in [-0.25, -0.2) is 24.0 Å². The van der Waals surface area contributed by atoms with Gasteiger partial charge in [0.25, 0.3) is 18.4 Å². The highest BCUT2D eigenvalue weighted by Gasteiger charge is 2.88. The van der Waals surface area contributed by atoms with Gasteiger partial charge in [-0.3, -0.25) is 4.79 Å².